The van der Waals surface area contributed by atoms with E-state index in [1.54, 1.807) is 0 Å². The molecule has 0 aliphatic carbocycles. The van der Waals surface area contributed by atoms with Gasteiger partial charge < -0.3 is 14.2 Å². The SMILES string of the molecule is CC/C(=C\COc1ccc2c(c1)OCCC2)C(C)CC1OC1(C)CC. The molecule has 3 nitrogen and oxygen atoms in total. The first-order valence-corrected chi connectivity index (χ1v) is 9.81. The van der Waals surface area contributed by atoms with Crippen LogP contribution in [0.5, 0.6) is 11.5 Å². The fraction of sp³-hybridized carbons (Fsp3) is 0.636. The molecule has 1 aromatic rings. The number of epoxide rings is 1. The van der Waals surface area contributed by atoms with E-state index in [9.17, 15) is 0 Å². The molecule has 3 unspecified atom stereocenters. The van der Waals surface area contributed by atoms with Crippen LogP contribution in [0.15, 0.2) is 29.8 Å². The van der Waals surface area contributed by atoms with Gasteiger partial charge in [-0.15, -0.1) is 0 Å². The number of rotatable bonds is 8. The largest absolute Gasteiger partial charge is 0.493 e. The Morgan fingerprint density at radius 3 is 2.96 bits per heavy atom. The molecule has 2 aliphatic rings. The summed E-state index contributed by atoms with van der Waals surface area (Å²) in [5, 5.41) is 0. The van der Waals surface area contributed by atoms with E-state index in [-0.39, 0.29) is 5.60 Å². The van der Waals surface area contributed by atoms with Crippen LogP contribution in [0, 0.1) is 5.92 Å². The van der Waals surface area contributed by atoms with E-state index in [1.165, 1.54) is 11.1 Å². The van der Waals surface area contributed by atoms with E-state index in [1.807, 2.05) is 6.07 Å². The quantitative estimate of drug-likeness (QED) is 0.472. The van der Waals surface area contributed by atoms with Gasteiger partial charge in [-0.3, -0.25) is 0 Å². The Morgan fingerprint density at radius 1 is 1.40 bits per heavy atom. The average molecular weight is 344 g/mol. The summed E-state index contributed by atoms with van der Waals surface area (Å²) in [6.07, 6.45) is 8.14. The Kier molecular flexibility index (Phi) is 5.73. The number of benzene rings is 1. The van der Waals surface area contributed by atoms with Crippen LogP contribution >= 0.6 is 0 Å². The first kappa shape index (κ1) is 18.3. The Balaban J connectivity index is 1.53. The number of allylic oxidation sites excluding steroid dienone is 1. The van der Waals surface area contributed by atoms with Crippen LogP contribution in [0.2, 0.25) is 0 Å². The fourth-order valence-corrected chi connectivity index (χ4v) is 3.72. The summed E-state index contributed by atoms with van der Waals surface area (Å²) in [7, 11) is 0. The van der Waals surface area contributed by atoms with Crippen molar-refractivity contribution < 1.29 is 14.2 Å². The third-order valence-electron chi connectivity index (χ3n) is 5.83. The van der Waals surface area contributed by atoms with E-state index in [0.29, 0.717) is 18.6 Å². The minimum atomic E-state index is 0.118. The third kappa shape index (κ3) is 4.38. The van der Waals surface area contributed by atoms with Gasteiger partial charge in [-0.1, -0.05) is 32.4 Å². The maximum atomic E-state index is 5.95. The highest BCUT2D eigenvalue weighted by molar-refractivity contribution is 5.41. The van der Waals surface area contributed by atoms with E-state index in [0.717, 1.165) is 50.2 Å². The van der Waals surface area contributed by atoms with Crippen molar-refractivity contribution in [2.75, 3.05) is 13.2 Å². The van der Waals surface area contributed by atoms with Crippen molar-refractivity contribution in [1.82, 2.24) is 0 Å². The summed E-state index contributed by atoms with van der Waals surface area (Å²) < 4.78 is 17.5. The second kappa shape index (κ2) is 7.82. The molecule has 2 heterocycles. The zero-order valence-corrected chi connectivity index (χ0v) is 16.1. The molecule has 0 aromatic heterocycles. The van der Waals surface area contributed by atoms with Gasteiger partial charge in [-0.25, -0.2) is 0 Å². The van der Waals surface area contributed by atoms with Crippen LogP contribution in [0.1, 0.15) is 58.9 Å². The zero-order chi connectivity index (χ0) is 17.9. The van der Waals surface area contributed by atoms with Crippen LogP contribution < -0.4 is 9.47 Å². The van der Waals surface area contributed by atoms with Crippen LogP contribution in [-0.4, -0.2) is 24.9 Å². The van der Waals surface area contributed by atoms with Gasteiger partial charge in [-0.05, 0) is 62.7 Å². The molecular formula is C22H32O3. The lowest BCUT2D eigenvalue weighted by atomic mass is 9.90. The van der Waals surface area contributed by atoms with Gasteiger partial charge in [0.25, 0.3) is 0 Å². The summed E-state index contributed by atoms with van der Waals surface area (Å²) in [6, 6.07) is 6.22. The molecule has 3 heteroatoms. The van der Waals surface area contributed by atoms with Gasteiger partial charge in [0, 0.05) is 6.07 Å². The zero-order valence-electron chi connectivity index (χ0n) is 16.1. The van der Waals surface area contributed by atoms with Gasteiger partial charge >= 0.3 is 0 Å². The van der Waals surface area contributed by atoms with E-state index < -0.39 is 0 Å². The molecule has 1 fully saturated rings. The first-order chi connectivity index (χ1) is 12.1. The van der Waals surface area contributed by atoms with Crippen molar-refractivity contribution >= 4 is 0 Å². The summed E-state index contributed by atoms with van der Waals surface area (Å²) in [6.45, 7) is 10.4. The molecule has 1 aromatic carbocycles. The lowest BCUT2D eigenvalue weighted by Crippen LogP contribution is -2.12. The van der Waals surface area contributed by atoms with E-state index >= 15 is 0 Å². The number of hydrogen-bond donors (Lipinski definition) is 0. The Hall–Kier alpha value is -1.48. The van der Waals surface area contributed by atoms with Gasteiger partial charge in [0.2, 0.25) is 0 Å². The highest BCUT2D eigenvalue weighted by Gasteiger charge is 2.50. The molecule has 0 N–H and O–H groups in total. The second-order valence-electron chi connectivity index (χ2n) is 7.57. The normalized spacial score (nSPS) is 26.6. The Labute approximate surface area is 152 Å². The van der Waals surface area contributed by atoms with Crippen molar-refractivity contribution in [2.24, 2.45) is 5.92 Å². The van der Waals surface area contributed by atoms with Crippen LogP contribution in [-0.2, 0) is 11.2 Å². The predicted molar refractivity (Wildman–Crippen MR) is 101 cm³/mol. The molecule has 3 atom stereocenters. The topological polar surface area (TPSA) is 31.0 Å². The molecule has 0 saturated carbocycles. The van der Waals surface area contributed by atoms with Crippen LogP contribution in [0.3, 0.4) is 0 Å². The summed E-state index contributed by atoms with van der Waals surface area (Å²) in [5.74, 6) is 2.42. The molecule has 0 spiro atoms. The monoisotopic (exact) mass is 344 g/mol. The summed E-state index contributed by atoms with van der Waals surface area (Å²) >= 11 is 0. The van der Waals surface area contributed by atoms with Gasteiger partial charge in [0.05, 0.1) is 18.3 Å². The molecule has 138 valence electrons. The minimum Gasteiger partial charge on any atom is -0.493 e. The Morgan fingerprint density at radius 2 is 2.24 bits per heavy atom. The molecule has 2 aliphatic heterocycles. The van der Waals surface area contributed by atoms with Crippen molar-refractivity contribution in [1.29, 1.82) is 0 Å². The summed E-state index contributed by atoms with van der Waals surface area (Å²) in [5.41, 5.74) is 2.87. The smallest absolute Gasteiger partial charge is 0.126 e. The number of hydrogen-bond acceptors (Lipinski definition) is 3. The highest BCUT2D eigenvalue weighted by atomic mass is 16.6. The van der Waals surface area contributed by atoms with Crippen molar-refractivity contribution in [3.63, 3.8) is 0 Å². The predicted octanol–water partition coefficient (Wildman–Crippen LogP) is 5.32. The van der Waals surface area contributed by atoms with Gasteiger partial charge in [0.15, 0.2) is 0 Å². The van der Waals surface area contributed by atoms with Gasteiger partial charge in [0.1, 0.15) is 18.1 Å². The molecule has 25 heavy (non-hydrogen) atoms. The lowest BCUT2D eigenvalue weighted by Gasteiger charge is -2.18. The summed E-state index contributed by atoms with van der Waals surface area (Å²) in [4.78, 5) is 0. The standard InChI is InChI=1S/C22H32O3/c1-5-17(16(3)14-21-22(4,6-2)25-21)11-13-23-19-10-9-18-8-7-12-24-20(18)15-19/h9-11,15-16,21H,5-8,12-14H2,1-4H3/b17-11+. The fourth-order valence-electron chi connectivity index (χ4n) is 3.72. The minimum absolute atomic E-state index is 0.118. The number of fused-ring (bicyclic) bond motifs is 1. The highest BCUT2D eigenvalue weighted by Crippen LogP contribution is 2.43. The number of aryl methyl sites for hydroxylation is 1. The molecule has 0 radical (unpaired) electrons. The van der Waals surface area contributed by atoms with Gasteiger partial charge in [-0.2, -0.15) is 0 Å². The van der Waals surface area contributed by atoms with Crippen molar-refractivity contribution in [3.8, 4) is 11.5 Å². The molecule has 3 rings (SSSR count). The third-order valence-corrected chi connectivity index (χ3v) is 5.83. The maximum absolute atomic E-state index is 5.95. The number of ether oxygens (including phenoxy) is 3. The first-order valence-electron chi connectivity index (χ1n) is 9.81. The molecule has 0 bridgehead atoms. The Bertz CT molecular complexity index is 622. The van der Waals surface area contributed by atoms with E-state index in [4.69, 9.17) is 14.2 Å². The van der Waals surface area contributed by atoms with Crippen LogP contribution in [0.4, 0.5) is 0 Å². The lowest BCUT2D eigenvalue weighted by molar-refractivity contribution is 0.284. The van der Waals surface area contributed by atoms with E-state index in [2.05, 4.69) is 45.9 Å². The molecule has 1 saturated heterocycles. The molecular weight excluding hydrogens is 312 g/mol. The second-order valence-corrected chi connectivity index (χ2v) is 7.57. The van der Waals surface area contributed by atoms with Crippen molar-refractivity contribution in [3.05, 3.63) is 35.4 Å². The average Bonchev–Trinajstić information content (AvgIpc) is 3.28. The van der Waals surface area contributed by atoms with Crippen molar-refractivity contribution in [2.45, 2.75) is 71.5 Å². The van der Waals surface area contributed by atoms with Crippen LogP contribution in [0.25, 0.3) is 0 Å². The maximum Gasteiger partial charge on any atom is 0.126 e. The molecule has 0 amide bonds.